The maximum Gasteiger partial charge on any atom is 0.227 e. The highest BCUT2D eigenvalue weighted by Crippen LogP contribution is 2.31. The molecule has 1 fully saturated rings. The second-order valence-corrected chi connectivity index (χ2v) is 3.90. The van der Waals surface area contributed by atoms with Gasteiger partial charge in [0, 0.05) is 12.0 Å². The Morgan fingerprint density at radius 1 is 1.41 bits per heavy atom. The Morgan fingerprint density at radius 3 is 2.82 bits per heavy atom. The maximum absolute atomic E-state index is 13.5. The quantitative estimate of drug-likeness (QED) is 0.790. The largest absolute Gasteiger partial charge is 0.493 e. The van der Waals surface area contributed by atoms with E-state index in [1.165, 1.54) is 19.2 Å². The molecule has 0 aromatic heterocycles. The molecule has 0 radical (unpaired) electrons. The van der Waals surface area contributed by atoms with Gasteiger partial charge in [0.05, 0.1) is 19.6 Å². The van der Waals surface area contributed by atoms with Gasteiger partial charge in [-0.05, 0) is 6.07 Å². The lowest BCUT2D eigenvalue weighted by Gasteiger charge is -2.24. The van der Waals surface area contributed by atoms with Gasteiger partial charge in [-0.15, -0.1) is 0 Å². The van der Waals surface area contributed by atoms with E-state index in [4.69, 9.17) is 4.74 Å². The van der Waals surface area contributed by atoms with Gasteiger partial charge < -0.3 is 10.1 Å². The number of nitrogens with one attached hydrogen (secondary N) is 1. The second-order valence-electron chi connectivity index (χ2n) is 3.90. The molecule has 2 rings (SSSR count). The molecule has 1 atom stereocenters. The Balaban J connectivity index is 2.36. The molecule has 90 valence electrons. The summed E-state index contributed by atoms with van der Waals surface area (Å²) < 4.78 is 18.4. The fraction of sp³-hybridized carbons (Fsp3) is 0.333. The van der Waals surface area contributed by atoms with Crippen molar-refractivity contribution in [1.29, 1.82) is 0 Å². The SMILES string of the molecule is COc1c(F)cccc1C1CC(=O)CC(=O)N1. The lowest BCUT2D eigenvalue weighted by molar-refractivity contribution is -0.132. The molecular formula is C12H12FNO3. The molecule has 1 saturated heterocycles. The van der Waals surface area contributed by atoms with Gasteiger partial charge in [-0.1, -0.05) is 12.1 Å². The first-order chi connectivity index (χ1) is 8.11. The lowest BCUT2D eigenvalue weighted by atomic mass is 9.95. The van der Waals surface area contributed by atoms with Crippen LogP contribution >= 0.6 is 0 Å². The molecule has 0 aliphatic carbocycles. The number of hydrogen-bond donors (Lipinski definition) is 1. The van der Waals surface area contributed by atoms with E-state index in [-0.39, 0.29) is 30.3 Å². The average Bonchev–Trinajstić information content (AvgIpc) is 2.27. The van der Waals surface area contributed by atoms with E-state index in [1.807, 2.05) is 0 Å². The summed E-state index contributed by atoms with van der Waals surface area (Å²) in [5, 5.41) is 2.66. The minimum absolute atomic E-state index is 0.0764. The predicted octanol–water partition coefficient (Wildman–Crippen LogP) is 1.35. The number of halogens is 1. The Hall–Kier alpha value is -1.91. The molecule has 1 N–H and O–H groups in total. The van der Waals surface area contributed by atoms with Crippen molar-refractivity contribution in [1.82, 2.24) is 5.32 Å². The molecule has 1 aromatic rings. The first-order valence-corrected chi connectivity index (χ1v) is 5.25. The topological polar surface area (TPSA) is 55.4 Å². The van der Waals surface area contributed by atoms with Crippen LogP contribution in [0.25, 0.3) is 0 Å². The van der Waals surface area contributed by atoms with E-state index in [2.05, 4.69) is 5.32 Å². The van der Waals surface area contributed by atoms with Crippen LogP contribution in [0, 0.1) is 5.82 Å². The fourth-order valence-corrected chi connectivity index (χ4v) is 1.98. The summed E-state index contributed by atoms with van der Waals surface area (Å²) in [5.74, 6) is -0.910. The van der Waals surface area contributed by atoms with Crippen molar-refractivity contribution in [3.05, 3.63) is 29.6 Å². The lowest BCUT2D eigenvalue weighted by Crippen LogP contribution is -2.37. The number of ketones is 1. The van der Waals surface area contributed by atoms with Gasteiger partial charge in [0.2, 0.25) is 5.91 Å². The third-order valence-corrected chi connectivity index (χ3v) is 2.70. The van der Waals surface area contributed by atoms with Crippen LogP contribution in [0.4, 0.5) is 4.39 Å². The number of methoxy groups -OCH3 is 1. The van der Waals surface area contributed by atoms with E-state index >= 15 is 0 Å². The Bertz CT molecular complexity index is 457. The van der Waals surface area contributed by atoms with E-state index < -0.39 is 11.9 Å². The minimum atomic E-state index is -0.505. The van der Waals surface area contributed by atoms with Crippen molar-refractivity contribution in [3.63, 3.8) is 0 Å². The number of piperidine rings is 1. The van der Waals surface area contributed by atoms with Crippen LogP contribution in [0.1, 0.15) is 24.4 Å². The number of rotatable bonds is 2. The normalized spacial score (nSPS) is 20.0. The van der Waals surface area contributed by atoms with E-state index in [0.717, 1.165) is 0 Å². The molecule has 1 aliphatic heterocycles. The van der Waals surface area contributed by atoms with E-state index in [9.17, 15) is 14.0 Å². The molecular weight excluding hydrogens is 225 g/mol. The molecule has 17 heavy (non-hydrogen) atoms. The number of benzene rings is 1. The molecule has 1 unspecified atom stereocenters. The molecule has 0 bridgehead atoms. The van der Waals surface area contributed by atoms with Gasteiger partial charge in [0.1, 0.15) is 5.78 Å². The van der Waals surface area contributed by atoms with Crippen LogP contribution in [0.15, 0.2) is 18.2 Å². The molecule has 1 amide bonds. The Kier molecular flexibility index (Phi) is 3.08. The van der Waals surface area contributed by atoms with Crippen molar-refractivity contribution in [3.8, 4) is 5.75 Å². The zero-order valence-corrected chi connectivity index (χ0v) is 9.33. The monoisotopic (exact) mass is 237 g/mol. The third-order valence-electron chi connectivity index (χ3n) is 2.70. The van der Waals surface area contributed by atoms with Crippen LogP contribution in [0.2, 0.25) is 0 Å². The Morgan fingerprint density at radius 2 is 2.18 bits per heavy atom. The number of Topliss-reactive ketones (excluding diaryl/α,β-unsaturated/α-hetero) is 1. The minimum Gasteiger partial charge on any atom is -0.493 e. The number of para-hydroxylation sites is 1. The predicted molar refractivity (Wildman–Crippen MR) is 58.1 cm³/mol. The Labute approximate surface area is 97.8 Å². The van der Waals surface area contributed by atoms with Crippen molar-refractivity contribution in [2.45, 2.75) is 18.9 Å². The number of carbonyl (C=O) groups excluding carboxylic acids is 2. The van der Waals surface area contributed by atoms with Crippen LogP contribution in [-0.2, 0) is 9.59 Å². The van der Waals surface area contributed by atoms with Gasteiger partial charge >= 0.3 is 0 Å². The third kappa shape index (κ3) is 2.27. The maximum atomic E-state index is 13.5. The molecule has 0 saturated carbocycles. The molecule has 5 heteroatoms. The first kappa shape index (κ1) is 11.6. The van der Waals surface area contributed by atoms with Crippen LogP contribution < -0.4 is 10.1 Å². The van der Waals surface area contributed by atoms with Crippen molar-refractivity contribution < 1.29 is 18.7 Å². The highest BCUT2D eigenvalue weighted by atomic mass is 19.1. The summed E-state index contributed by atoms with van der Waals surface area (Å²) >= 11 is 0. The molecule has 1 aliphatic rings. The van der Waals surface area contributed by atoms with Crippen LogP contribution in [0.3, 0.4) is 0 Å². The van der Waals surface area contributed by atoms with E-state index in [0.29, 0.717) is 5.56 Å². The van der Waals surface area contributed by atoms with E-state index in [1.54, 1.807) is 6.07 Å². The molecule has 1 heterocycles. The van der Waals surface area contributed by atoms with Gasteiger partial charge in [-0.2, -0.15) is 0 Å². The summed E-state index contributed by atoms with van der Waals surface area (Å²) in [7, 11) is 1.36. The van der Waals surface area contributed by atoms with Gasteiger partial charge in [0.25, 0.3) is 0 Å². The van der Waals surface area contributed by atoms with Crippen molar-refractivity contribution in [2.75, 3.05) is 7.11 Å². The fourth-order valence-electron chi connectivity index (χ4n) is 1.98. The number of ether oxygens (including phenoxy) is 1. The summed E-state index contributed by atoms with van der Waals surface area (Å²) in [5.41, 5.74) is 0.494. The van der Waals surface area contributed by atoms with Gasteiger partial charge in [-0.25, -0.2) is 4.39 Å². The second kappa shape index (κ2) is 4.53. The zero-order chi connectivity index (χ0) is 12.4. The number of amides is 1. The van der Waals surface area contributed by atoms with Crippen LogP contribution in [0.5, 0.6) is 5.75 Å². The van der Waals surface area contributed by atoms with Gasteiger partial charge in [-0.3, -0.25) is 9.59 Å². The average molecular weight is 237 g/mol. The summed E-state index contributed by atoms with van der Waals surface area (Å²) in [6.45, 7) is 0. The van der Waals surface area contributed by atoms with Gasteiger partial charge in [0.15, 0.2) is 11.6 Å². The molecule has 0 spiro atoms. The highest BCUT2D eigenvalue weighted by Gasteiger charge is 2.28. The summed E-state index contributed by atoms with van der Waals surface area (Å²) in [4.78, 5) is 22.6. The molecule has 1 aromatic carbocycles. The van der Waals surface area contributed by atoms with Crippen LogP contribution in [-0.4, -0.2) is 18.8 Å². The number of hydrogen-bond acceptors (Lipinski definition) is 3. The molecule has 4 nitrogen and oxygen atoms in total. The van der Waals surface area contributed by atoms with Crippen molar-refractivity contribution >= 4 is 11.7 Å². The summed E-state index contributed by atoms with van der Waals surface area (Å²) in [6.07, 6.45) is 0.0691. The smallest absolute Gasteiger partial charge is 0.227 e. The zero-order valence-electron chi connectivity index (χ0n) is 9.33. The van der Waals surface area contributed by atoms with Crippen molar-refractivity contribution in [2.24, 2.45) is 0 Å². The summed E-state index contributed by atoms with van der Waals surface area (Å²) in [6, 6.07) is 3.94. The number of carbonyl (C=O) groups is 2. The standard InChI is InChI=1S/C12H12FNO3/c1-17-12-8(3-2-4-9(12)13)10-5-7(15)6-11(16)14-10/h2-4,10H,5-6H2,1H3,(H,14,16). The highest BCUT2D eigenvalue weighted by molar-refractivity contribution is 6.00. The first-order valence-electron chi connectivity index (χ1n) is 5.25.